The van der Waals surface area contributed by atoms with E-state index in [2.05, 4.69) is 10.2 Å². The lowest BCUT2D eigenvalue weighted by Gasteiger charge is -2.37. The summed E-state index contributed by atoms with van der Waals surface area (Å²) in [5.74, 6) is 0.00141. The Hall–Kier alpha value is -1.43. The summed E-state index contributed by atoms with van der Waals surface area (Å²) >= 11 is 0. The highest BCUT2D eigenvalue weighted by Gasteiger charge is 2.29. The van der Waals surface area contributed by atoms with Crippen LogP contribution < -0.4 is 11.1 Å². The highest BCUT2D eigenvalue weighted by Crippen LogP contribution is 2.13. The molecular formula is C15H23N3O2. The van der Waals surface area contributed by atoms with Crippen molar-refractivity contribution in [3.63, 3.8) is 0 Å². The third kappa shape index (κ3) is 3.79. The Kier molecular flexibility index (Phi) is 5.11. The summed E-state index contributed by atoms with van der Waals surface area (Å²) in [6.45, 7) is 5.92. The minimum Gasteiger partial charge on any atom is -0.374 e. The van der Waals surface area contributed by atoms with Crippen molar-refractivity contribution >= 4 is 11.6 Å². The van der Waals surface area contributed by atoms with E-state index in [-0.39, 0.29) is 24.1 Å². The number of amides is 1. The van der Waals surface area contributed by atoms with Gasteiger partial charge in [-0.25, -0.2) is 0 Å². The first-order valence-corrected chi connectivity index (χ1v) is 7.05. The highest BCUT2D eigenvalue weighted by atomic mass is 16.5. The number of rotatable bonds is 4. The van der Waals surface area contributed by atoms with Crippen LogP contribution in [0.15, 0.2) is 30.3 Å². The molecule has 3 unspecified atom stereocenters. The largest absolute Gasteiger partial charge is 0.374 e. The molecular weight excluding hydrogens is 254 g/mol. The van der Waals surface area contributed by atoms with Crippen LogP contribution in [0, 0.1) is 0 Å². The van der Waals surface area contributed by atoms with Crippen molar-refractivity contribution in [1.29, 1.82) is 0 Å². The van der Waals surface area contributed by atoms with Gasteiger partial charge < -0.3 is 15.8 Å². The van der Waals surface area contributed by atoms with E-state index in [4.69, 9.17) is 10.5 Å². The molecule has 1 saturated heterocycles. The van der Waals surface area contributed by atoms with Crippen molar-refractivity contribution < 1.29 is 9.53 Å². The molecule has 1 fully saturated rings. The van der Waals surface area contributed by atoms with Gasteiger partial charge in [0.2, 0.25) is 5.91 Å². The zero-order chi connectivity index (χ0) is 14.5. The first kappa shape index (κ1) is 15.0. The van der Waals surface area contributed by atoms with Crippen molar-refractivity contribution in [3.05, 3.63) is 30.3 Å². The number of benzene rings is 1. The highest BCUT2D eigenvalue weighted by molar-refractivity contribution is 5.94. The van der Waals surface area contributed by atoms with E-state index in [9.17, 15) is 4.79 Å². The lowest BCUT2D eigenvalue weighted by Crippen LogP contribution is -2.54. The van der Waals surface area contributed by atoms with E-state index in [0.717, 1.165) is 12.2 Å². The van der Waals surface area contributed by atoms with E-state index in [0.29, 0.717) is 13.2 Å². The number of carbonyl (C=O) groups excluding carboxylic acids is 1. The molecule has 20 heavy (non-hydrogen) atoms. The Balaban J connectivity index is 1.93. The van der Waals surface area contributed by atoms with Crippen LogP contribution >= 0.6 is 0 Å². The van der Waals surface area contributed by atoms with Crippen molar-refractivity contribution in [2.75, 3.05) is 25.0 Å². The number of morpholine rings is 1. The second kappa shape index (κ2) is 6.83. The van der Waals surface area contributed by atoms with Crippen molar-refractivity contribution in [2.45, 2.75) is 32.0 Å². The molecule has 1 aromatic carbocycles. The molecule has 110 valence electrons. The van der Waals surface area contributed by atoms with Gasteiger partial charge in [0, 0.05) is 24.8 Å². The molecule has 1 aliphatic heterocycles. The first-order chi connectivity index (χ1) is 9.58. The van der Waals surface area contributed by atoms with E-state index in [1.807, 2.05) is 44.2 Å². The predicted molar refractivity (Wildman–Crippen MR) is 79.5 cm³/mol. The molecule has 3 N–H and O–H groups in total. The topological polar surface area (TPSA) is 67.6 Å². The second-order valence-electron chi connectivity index (χ2n) is 5.29. The molecule has 1 heterocycles. The summed E-state index contributed by atoms with van der Waals surface area (Å²) in [5.41, 5.74) is 6.70. The van der Waals surface area contributed by atoms with Gasteiger partial charge >= 0.3 is 0 Å². The second-order valence-corrected chi connectivity index (χ2v) is 5.29. The number of para-hydroxylation sites is 1. The fourth-order valence-corrected chi connectivity index (χ4v) is 2.30. The van der Waals surface area contributed by atoms with E-state index in [1.165, 1.54) is 0 Å². The van der Waals surface area contributed by atoms with Gasteiger partial charge in [-0.15, -0.1) is 0 Å². The van der Waals surface area contributed by atoms with Crippen LogP contribution in [0.3, 0.4) is 0 Å². The fraction of sp³-hybridized carbons (Fsp3) is 0.533. The maximum absolute atomic E-state index is 12.3. The van der Waals surface area contributed by atoms with Gasteiger partial charge in [-0.1, -0.05) is 18.2 Å². The number of nitrogens with one attached hydrogen (secondary N) is 1. The molecule has 1 amide bonds. The maximum atomic E-state index is 12.3. The van der Waals surface area contributed by atoms with Crippen LogP contribution in [0.25, 0.3) is 0 Å². The molecule has 5 nitrogen and oxygen atoms in total. The van der Waals surface area contributed by atoms with E-state index >= 15 is 0 Å². The number of hydrogen-bond donors (Lipinski definition) is 2. The van der Waals surface area contributed by atoms with Crippen LogP contribution in [0.4, 0.5) is 5.69 Å². The Morgan fingerprint density at radius 3 is 2.75 bits per heavy atom. The molecule has 1 aromatic rings. The minimum absolute atomic E-state index is 0.00141. The number of ether oxygens (including phenoxy) is 1. The molecule has 0 bridgehead atoms. The van der Waals surface area contributed by atoms with Gasteiger partial charge in [0.15, 0.2) is 0 Å². The smallest absolute Gasteiger partial charge is 0.241 e. The van der Waals surface area contributed by atoms with Gasteiger partial charge in [0.05, 0.1) is 18.8 Å². The summed E-state index contributed by atoms with van der Waals surface area (Å²) in [7, 11) is 0. The quantitative estimate of drug-likeness (QED) is 0.863. The molecule has 2 rings (SSSR count). The lowest BCUT2D eigenvalue weighted by atomic mass is 10.1. The molecule has 5 heteroatoms. The normalized spacial score (nSPS) is 23.1. The van der Waals surface area contributed by atoms with Crippen molar-refractivity contribution in [3.8, 4) is 0 Å². The molecule has 0 aromatic heterocycles. The third-order valence-electron chi connectivity index (χ3n) is 3.68. The molecule has 0 radical (unpaired) electrons. The van der Waals surface area contributed by atoms with Crippen LogP contribution in [-0.2, 0) is 9.53 Å². The average Bonchev–Trinajstić information content (AvgIpc) is 2.47. The van der Waals surface area contributed by atoms with Crippen molar-refractivity contribution in [1.82, 2.24) is 4.90 Å². The summed E-state index contributed by atoms with van der Waals surface area (Å²) in [6, 6.07) is 9.28. The monoisotopic (exact) mass is 277 g/mol. The predicted octanol–water partition coefficient (Wildman–Crippen LogP) is 1.06. The fourth-order valence-electron chi connectivity index (χ4n) is 2.30. The number of anilines is 1. The van der Waals surface area contributed by atoms with E-state index < -0.39 is 0 Å². The van der Waals surface area contributed by atoms with E-state index in [1.54, 1.807) is 0 Å². The van der Waals surface area contributed by atoms with Crippen LogP contribution in [0.5, 0.6) is 0 Å². The Bertz CT molecular complexity index is 436. The molecule has 0 spiro atoms. The zero-order valence-corrected chi connectivity index (χ0v) is 12.1. The standard InChI is InChI=1S/C15H23N3O2/c1-11(16)14-10-18(8-9-20-14)12(2)15(19)17-13-6-4-3-5-7-13/h3-7,11-12,14H,8-10,16H2,1-2H3,(H,17,19). The zero-order valence-electron chi connectivity index (χ0n) is 12.1. The van der Waals surface area contributed by atoms with Crippen LogP contribution in [0.1, 0.15) is 13.8 Å². The number of nitrogens with two attached hydrogens (primary N) is 1. The maximum Gasteiger partial charge on any atom is 0.241 e. The molecule has 3 atom stereocenters. The average molecular weight is 277 g/mol. The SMILES string of the molecule is CC(N)C1CN(C(C)C(=O)Nc2ccccc2)CCO1. The Morgan fingerprint density at radius 1 is 1.40 bits per heavy atom. The number of carbonyl (C=O) groups is 1. The van der Waals surface area contributed by atoms with Crippen LogP contribution in [0.2, 0.25) is 0 Å². The molecule has 0 saturated carbocycles. The van der Waals surface area contributed by atoms with Gasteiger partial charge in [-0.2, -0.15) is 0 Å². The van der Waals surface area contributed by atoms with Gasteiger partial charge in [0.25, 0.3) is 0 Å². The summed E-state index contributed by atoms with van der Waals surface area (Å²) in [4.78, 5) is 14.4. The molecule has 0 aliphatic carbocycles. The summed E-state index contributed by atoms with van der Waals surface area (Å²) in [5, 5.41) is 2.93. The third-order valence-corrected chi connectivity index (χ3v) is 3.68. The summed E-state index contributed by atoms with van der Waals surface area (Å²) in [6.07, 6.45) is -0.00396. The minimum atomic E-state index is -0.194. The van der Waals surface area contributed by atoms with Gasteiger partial charge in [-0.3, -0.25) is 9.69 Å². The Labute approximate surface area is 120 Å². The van der Waals surface area contributed by atoms with Gasteiger partial charge in [-0.05, 0) is 26.0 Å². The van der Waals surface area contributed by atoms with Crippen molar-refractivity contribution in [2.24, 2.45) is 5.73 Å². The number of hydrogen-bond acceptors (Lipinski definition) is 4. The molecule has 1 aliphatic rings. The first-order valence-electron chi connectivity index (χ1n) is 7.05. The Morgan fingerprint density at radius 2 is 2.10 bits per heavy atom. The van der Waals surface area contributed by atoms with Crippen LogP contribution in [-0.4, -0.2) is 48.7 Å². The van der Waals surface area contributed by atoms with Gasteiger partial charge in [0.1, 0.15) is 0 Å². The number of nitrogens with zero attached hydrogens (tertiary/aromatic N) is 1. The lowest BCUT2D eigenvalue weighted by molar-refractivity contribution is -0.124. The summed E-state index contributed by atoms with van der Waals surface area (Å²) < 4.78 is 5.62.